The molecule has 2 atom stereocenters. The van der Waals surface area contributed by atoms with Crippen LogP contribution in [0, 0.1) is 0 Å². The van der Waals surface area contributed by atoms with Crippen LogP contribution in [0.15, 0.2) is 61.2 Å². The minimum atomic E-state index is -0.760. The maximum atomic E-state index is 13.2. The molecule has 2 aliphatic rings. The Bertz CT molecular complexity index is 788. The molecular weight excluding hydrogens is 322 g/mol. The van der Waals surface area contributed by atoms with Gasteiger partial charge in [-0.2, -0.15) is 0 Å². The summed E-state index contributed by atoms with van der Waals surface area (Å²) in [6.45, 7) is 6.63. The lowest BCUT2D eigenvalue weighted by atomic mass is 9.80. The van der Waals surface area contributed by atoms with Gasteiger partial charge in [0.2, 0.25) is 5.91 Å². The van der Waals surface area contributed by atoms with Crippen LogP contribution in [-0.4, -0.2) is 26.0 Å². The average Bonchev–Trinajstić information content (AvgIpc) is 2.94. The van der Waals surface area contributed by atoms with E-state index in [9.17, 15) is 4.79 Å². The van der Waals surface area contributed by atoms with Crippen molar-refractivity contribution in [2.24, 2.45) is 0 Å². The van der Waals surface area contributed by atoms with Gasteiger partial charge in [0.25, 0.3) is 0 Å². The SMILES string of the molecule is C=CC.CNCCNC(=O)C12NC(Cc3ccccc31)c1ccccc12. The summed E-state index contributed by atoms with van der Waals surface area (Å²) < 4.78 is 0. The van der Waals surface area contributed by atoms with Gasteiger partial charge in [-0.25, -0.2) is 0 Å². The highest BCUT2D eigenvalue weighted by molar-refractivity contribution is 5.94. The Kier molecular flexibility index (Phi) is 5.55. The molecule has 4 nitrogen and oxygen atoms in total. The highest BCUT2D eigenvalue weighted by atomic mass is 16.2. The standard InChI is InChI=1S/C19H21N3O.C3H6/c1-20-10-11-21-18(23)19-15-8-4-2-6-13(15)12-17(22-19)14-7-3-5-9-16(14)19;1-3-2/h2-9,17,20,22H,10-12H2,1H3,(H,21,23);3H,1H2,2H3. The van der Waals surface area contributed by atoms with E-state index >= 15 is 0 Å². The molecule has 0 fully saturated rings. The average molecular weight is 349 g/mol. The zero-order chi connectivity index (χ0) is 18.6. The molecule has 1 amide bonds. The second-order valence-electron chi connectivity index (χ2n) is 6.66. The van der Waals surface area contributed by atoms with Crippen molar-refractivity contribution in [3.05, 3.63) is 83.4 Å². The van der Waals surface area contributed by atoms with Gasteiger partial charge in [-0.3, -0.25) is 10.1 Å². The number of nitrogens with one attached hydrogen (secondary N) is 3. The summed E-state index contributed by atoms with van der Waals surface area (Å²) in [4.78, 5) is 13.2. The lowest BCUT2D eigenvalue weighted by Gasteiger charge is -2.36. The van der Waals surface area contributed by atoms with E-state index in [1.165, 1.54) is 11.1 Å². The van der Waals surface area contributed by atoms with E-state index in [-0.39, 0.29) is 11.9 Å². The van der Waals surface area contributed by atoms with Gasteiger partial charge in [-0.15, -0.1) is 6.58 Å². The van der Waals surface area contributed by atoms with E-state index in [4.69, 9.17) is 0 Å². The second-order valence-corrected chi connectivity index (χ2v) is 6.66. The van der Waals surface area contributed by atoms with E-state index in [1.54, 1.807) is 6.08 Å². The summed E-state index contributed by atoms with van der Waals surface area (Å²) in [6, 6.07) is 16.8. The van der Waals surface area contributed by atoms with Crippen LogP contribution >= 0.6 is 0 Å². The summed E-state index contributed by atoms with van der Waals surface area (Å²) in [6.07, 6.45) is 2.68. The zero-order valence-electron chi connectivity index (χ0n) is 15.5. The third kappa shape index (κ3) is 2.96. The molecule has 2 aromatic rings. The molecule has 4 rings (SSSR count). The van der Waals surface area contributed by atoms with Crippen molar-refractivity contribution in [1.29, 1.82) is 0 Å². The molecule has 2 aromatic carbocycles. The van der Waals surface area contributed by atoms with Crippen molar-refractivity contribution in [2.75, 3.05) is 20.1 Å². The largest absolute Gasteiger partial charge is 0.353 e. The molecule has 0 aliphatic carbocycles. The van der Waals surface area contributed by atoms with Gasteiger partial charge >= 0.3 is 0 Å². The Labute approximate surface area is 155 Å². The molecule has 0 saturated heterocycles. The summed E-state index contributed by atoms with van der Waals surface area (Å²) in [5.41, 5.74) is 3.92. The molecule has 0 radical (unpaired) electrons. The van der Waals surface area contributed by atoms with Gasteiger partial charge in [0.15, 0.2) is 5.54 Å². The van der Waals surface area contributed by atoms with E-state index in [0.717, 1.165) is 24.1 Å². The highest BCUT2D eigenvalue weighted by Crippen LogP contribution is 2.48. The zero-order valence-corrected chi connectivity index (χ0v) is 15.5. The summed E-state index contributed by atoms with van der Waals surface area (Å²) >= 11 is 0. The monoisotopic (exact) mass is 349 g/mol. The number of rotatable bonds is 4. The number of fused-ring (bicyclic) bond motifs is 7. The van der Waals surface area contributed by atoms with Crippen LogP contribution in [0.5, 0.6) is 0 Å². The number of benzene rings is 2. The van der Waals surface area contributed by atoms with Gasteiger partial charge in [0.05, 0.1) is 0 Å². The van der Waals surface area contributed by atoms with Gasteiger partial charge in [0.1, 0.15) is 0 Å². The van der Waals surface area contributed by atoms with Crippen LogP contribution in [0.4, 0.5) is 0 Å². The normalized spacial score (nSPS) is 21.7. The van der Waals surface area contributed by atoms with Crippen LogP contribution < -0.4 is 16.0 Å². The van der Waals surface area contributed by atoms with Gasteiger partial charge in [-0.05, 0) is 42.6 Å². The third-order valence-corrected chi connectivity index (χ3v) is 4.98. The number of hydrogen-bond donors (Lipinski definition) is 3. The first-order valence-electron chi connectivity index (χ1n) is 9.14. The molecule has 2 heterocycles. The Morgan fingerprint density at radius 2 is 1.85 bits per heavy atom. The molecule has 0 aromatic heterocycles. The Morgan fingerprint density at radius 3 is 2.58 bits per heavy atom. The van der Waals surface area contributed by atoms with Crippen molar-refractivity contribution in [3.63, 3.8) is 0 Å². The highest BCUT2D eigenvalue weighted by Gasteiger charge is 2.53. The molecule has 2 unspecified atom stereocenters. The molecule has 2 bridgehead atoms. The van der Waals surface area contributed by atoms with Crippen LogP contribution in [0.3, 0.4) is 0 Å². The summed E-state index contributed by atoms with van der Waals surface area (Å²) in [7, 11) is 1.89. The van der Waals surface area contributed by atoms with Crippen molar-refractivity contribution in [2.45, 2.75) is 24.9 Å². The van der Waals surface area contributed by atoms with Crippen molar-refractivity contribution in [1.82, 2.24) is 16.0 Å². The third-order valence-electron chi connectivity index (χ3n) is 4.98. The Hall–Kier alpha value is -2.43. The first kappa shape index (κ1) is 18.4. The van der Waals surface area contributed by atoms with Gasteiger partial charge in [-0.1, -0.05) is 54.6 Å². The fourth-order valence-electron chi connectivity index (χ4n) is 3.97. The maximum Gasteiger partial charge on any atom is 0.249 e. The number of likely N-dealkylation sites (N-methyl/N-ethyl adjacent to an activating group) is 1. The number of carbonyl (C=O) groups is 1. The van der Waals surface area contributed by atoms with Gasteiger partial charge < -0.3 is 10.6 Å². The molecular formula is C22H27N3O. The smallest absolute Gasteiger partial charge is 0.249 e. The molecule has 0 spiro atoms. The van der Waals surface area contributed by atoms with Crippen molar-refractivity contribution < 1.29 is 4.79 Å². The van der Waals surface area contributed by atoms with E-state index in [1.807, 2.05) is 26.1 Å². The minimum Gasteiger partial charge on any atom is -0.353 e. The summed E-state index contributed by atoms with van der Waals surface area (Å²) in [5, 5.41) is 9.78. The number of carbonyl (C=O) groups excluding carboxylic acids is 1. The van der Waals surface area contributed by atoms with Gasteiger partial charge in [0, 0.05) is 19.1 Å². The van der Waals surface area contributed by atoms with Crippen LogP contribution in [-0.2, 0) is 16.8 Å². The molecule has 2 aliphatic heterocycles. The molecule has 0 saturated carbocycles. The van der Waals surface area contributed by atoms with Crippen LogP contribution in [0.2, 0.25) is 0 Å². The predicted molar refractivity (Wildman–Crippen MR) is 106 cm³/mol. The summed E-state index contributed by atoms with van der Waals surface area (Å²) in [5.74, 6) is 0.0369. The first-order valence-corrected chi connectivity index (χ1v) is 9.14. The number of allylic oxidation sites excluding steroid dienone is 1. The lowest BCUT2D eigenvalue weighted by Crippen LogP contribution is -2.55. The van der Waals surface area contributed by atoms with Crippen LogP contribution in [0.1, 0.15) is 35.2 Å². The Morgan fingerprint density at radius 1 is 1.19 bits per heavy atom. The minimum absolute atomic E-state index is 0.0369. The molecule has 4 heteroatoms. The Balaban J connectivity index is 0.000000613. The molecule has 136 valence electrons. The second kappa shape index (κ2) is 7.85. The molecule has 3 N–H and O–H groups in total. The quantitative estimate of drug-likeness (QED) is 0.588. The maximum absolute atomic E-state index is 13.2. The van der Waals surface area contributed by atoms with Crippen molar-refractivity contribution >= 4 is 5.91 Å². The number of hydrogen-bond acceptors (Lipinski definition) is 3. The van der Waals surface area contributed by atoms with Crippen LogP contribution in [0.25, 0.3) is 0 Å². The van der Waals surface area contributed by atoms with E-state index in [2.05, 4.69) is 58.9 Å². The molecule has 26 heavy (non-hydrogen) atoms. The fourth-order valence-corrected chi connectivity index (χ4v) is 3.97. The van der Waals surface area contributed by atoms with E-state index in [0.29, 0.717) is 6.54 Å². The lowest BCUT2D eigenvalue weighted by molar-refractivity contribution is -0.126. The predicted octanol–water partition coefficient (Wildman–Crippen LogP) is 2.66. The van der Waals surface area contributed by atoms with Crippen molar-refractivity contribution in [3.8, 4) is 0 Å². The number of amides is 1. The topological polar surface area (TPSA) is 53.2 Å². The first-order chi connectivity index (χ1) is 12.7. The van der Waals surface area contributed by atoms with E-state index < -0.39 is 5.54 Å². The fraction of sp³-hybridized carbons (Fsp3) is 0.318.